The summed E-state index contributed by atoms with van der Waals surface area (Å²) in [7, 11) is 4.37. The van der Waals surface area contributed by atoms with E-state index in [0.29, 0.717) is 22.9 Å². The van der Waals surface area contributed by atoms with E-state index in [0.717, 1.165) is 0 Å². The molecule has 0 saturated heterocycles. The minimum absolute atomic E-state index is 0.374. The molecule has 1 atom stereocenters. The van der Waals surface area contributed by atoms with E-state index in [9.17, 15) is 9.59 Å². The Kier molecular flexibility index (Phi) is 5.65. The number of carboxylic acids is 1. The number of carbonyl (C=O) groups excluding carboxylic acids is 1. The lowest BCUT2D eigenvalue weighted by molar-refractivity contribution is -0.138. The third-order valence-corrected chi connectivity index (χ3v) is 2.64. The number of anilines is 1. The predicted molar refractivity (Wildman–Crippen MR) is 75.4 cm³/mol. The Bertz CT molecular complexity index is 506. The molecule has 0 aromatic heterocycles. The highest BCUT2D eigenvalue weighted by atomic mass is 16.5. The van der Waals surface area contributed by atoms with Gasteiger partial charge in [-0.1, -0.05) is 0 Å². The van der Waals surface area contributed by atoms with Gasteiger partial charge >= 0.3 is 12.0 Å². The van der Waals surface area contributed by atoms with Gasteiger partial charge in [0.25, 0.3) is 0 Å². The van der Waals surface area contributed by atoms with E-state index >= 15 is 0 Å². The van der Waals surface area contributed by atoms with Crippen LogP contribution in [-0.2, 0) is 4.79 Å². The molecule has 0 bridgehead atoms. The van der Waals surface area contributed by atoms with E-state index in [2.05, 4.69) is 10.6 Å². The summed E-state index contributed by atoms with van der Waals surface area (Å²) >= 11 is 0. The monoisotopic (exact) mass is 298 g/mol. The van der Waals surface area contributed by atoms with Crippen LogP contribution in [0.3, 0.4) is 0 Å². The van der Waals surface area contributed by atoms with Crippen molar-refractivity contribution in [2.75, 3.05) is 26.6 Å². The minimum atomic E-state index is -1.13. The molecule has 0 aliphatic carbocycles. The van der Waals surface area contributed by atoms with Crippen molar-refractivity contribution >= 4 is 17.7 Å². The number of rotatable bonds is 6. The Morgan fingerprint density at radius 3 is 2.00 bits per heavy atom. The van der Waals surface area contributed by atoms with Crippen molar-refractivity contribution in [1.29, 1.82) is 0 Å². The van der Waals surface area contributed by atoms with Crippen LogP contribution in [0, 0.1) is 0 Å². The molecule has 116 valence electrons. The molecule has 0 aliphatic heterocycles. The lowest BCUT2D eigenvalue weighted by Crippen LogP contribution is -2.40. The van der Waals surface area contributed by atoms with Gasteiger partial charge in [0.15, 0.2) is 11.5 Å². The Morgan fingerprint density at radius 2 is 1.62 bits per heavy atom. The second-order valence-electron chi connectivity index (χ2n) is 4.07. The number of methoxy groups -OCH3 is 3. The first-order valence-corrected chi connectivity index (χ1v) is 6.03. The smallest absolute Gasteiger partial charge is 0.325 e. The molecule has 0 unspecified atom stereocenters. The summed E-state index contributed by atoms with van der Waals surface area (Å²) in [5, 5.41) is 13.5. The van der Waals surface area contributed by atoms with E-state index in [1.54, 1.807) is 0 Å². The molecule has 1 aromatic carbocycles. The molecule has 0 saturated carbocycles. The van der Waals surface area contributed by atoms with Crippen molar-refractivity contribution in [3.63, 3.8) is 0 Å². The molecule has 1 rings (SSSR count). The summed E-state index contributed by atoms with van der Waals surface area (Å²) in [6.07, 6.45) is 0. The lowest BCUT2D eigenvalue weighted by atomic mass is 10.2. The van der Waals surface area contributed by atoms with Crippen LogP contribution in [0.2, 0.25) is 0 Å². The number of carboxylic acid groups (broad SMARTS) is 1. The first kappa shape index (κ1) is 16.4. The SMILES string of the molecule is COc1cc(NC(=O)N[C@@H](C)C(=O)O)cc(OC)c1OC. The summed E-state index contributed by atoms with van der Waals surface area (Å²) in [4.78, 5) is 22.4. The average molecular weight is 298 g/mol. The third-order valence-electron chi connectivity index (χ3n) is 2.64. The maximum Gasteiger partial charge on any atom is 0.325 e. The average Bonchev–Trinajstić information content (AvgIpc) is 2.45. The van der Waals surface area contributed by atoms with E-state index in [4.69, 9.17) is 19.3 Å². The van der Waals surface area contributed by atoms with E-state index < -0.39 is 18.0 Å². The zero-order chi connectivity index (χ0) is 16.0. The molecule has 8 heteroatoms. The highest BCUT2D eigenvalue weighted by Crippen LogP contribution is 2.39. The van der Waals surface area contributed by atoms with E-state index in [-0.39, 0.29) is 0 Å². The Hall–Kier alpha value is -2.64. The van der Waals surface area contributed by atoms with Gasteiger partial charge in [-0.15, -0.1) is 0 Å². The summed E-state index contributed by atoms with van der Waals surface area (Å²) in [5.74, 6) is 0.0109. The van der Waals surface area contributed by atoms with Crippen LogP contribution in [-0.4, -0.2) is 44.5 Å². The van der Waals surface area contributed by atoms with Crippen molar-refractivity contribution in [3.05, 3.63) is 12.1 Å². The number of nitrogens with one attached hydrogen (secondary N) is 2. The largest absolute Gasteiger partial charge is 0.493 e. The van der Waals surface area contributed by atoms with Crippen molar-refractivity contribution in [2.24, 2.45) is 0 Å². The maximum absolute atomic E-state index is 11.7. The number of hydrogen-bond donors (Lipinski definition) is 3. The highest BCUT2D eigenvalue weighted by molar-refractivity contribution is 5.92. The number of urea groups is 1. The van der Waals surface area contributed by atoms with E-state index in [1.807, 2.05) is 0 Å². The Labute approximate surface area is 122 Å². The highest BCUT2D eigenvalue weighted by Gasteiger charge is 2.17. The number of aliphatic carboxylic acids is 1. The molecule has 0 heterocycles. The van der Waals surface area contributed by atoms with Crippen molar-refractivity contribution in [2.45, 2.75) is 13.0 Å². The zero-order valence-electron chi connectivity index (χ0n) is 12.2. The predicted octanol–water partition coefficient (Wildman–Crippen LogP) is 1.31. The van der Waals surface area contributed by atoms with Crippen LogP contribution in [0.25, 0.3) is 0 Å². The molecule has 2 amide bonds. The molecular formula is C13H18N2O6. The van der Waals surface area contributed by atoms with Gasteiger partial charge in [0, 0.05) is 12.1 Å². The standard InChI is InChI=1S/C13H18N2O6/c1-7(12(16)17)14-13(18)15-8-5-9(19-2)11(21-4)10(6-8)20-3/h5-7H,1-4H3,(H,16,17)(H2,14,15,18)/t7-/m0/s1. The molecule has 8 nitrogen and oxygen atoms in total. The van der Waals surface area contributed by atoms with Crippen LogP contribution in [0.1, 0.15) is 6.92 Å². The van der Waals surface area contributed by atoms with Gasteiger partial charge in [-0.25, -0.2) is 4.79 Å². The van der Waals surface area contributed by atoms with Gasteiger partial charge < -0.3 is 30.0 Å². The quantitative estimate of drug-likeness (QED) is 0.731. The first-order valence-electron chi connectivity index (χ1n) is 6.03. The molecule has 0 radical (unpaired) electrons. The van der Waals surface area contributed by atoms with Crippen molar-refractivity contribution < 1.29 is 28.9 Å². The zero-order valence-corrected chi connectivity index (χ0v) is 12.2. The molecule has 0 aliphatic rings. The number of ether oxygens (including phenoxy) is 3. The first-order chi connectivity index (χ1) is 9.92. The molecular weight excluding hydrogens is 280 g/mol. The second-order valence-corrected chi connectivity index (χ2v) is 4.07. The number of carbonyl (C=O) groups is 2. The summed E-state index contributed by atoms with van der Waals surface area (Å²) in [6.45, 7) is 1.36. The Morgan fingerprint density at radius 1 is 1.10 bits per heavy atom. The van der Waals surface area contributed by atoms with Crippen LogP contribution in [0.15, 0.2) is 12.1 Å². The fraction of sp³-hybridized carbons (Fsp3) is 0.385. The molecule has 1 aromatic rings. The summed E-state index contributed by atoms with van der Waals surface area (Å²) < 4.78 is 15.5. The fourth-order valence-corrected chi connectivity index (χ4v) is 1.58. The molecule has 3 N–H and O–H groups in total. The maximum atomic E-state index is 11.7. The Balaban J connectivity index is 2.93. The fourth-order valence-electron chi connectivity index (χ4n) is 1.58. The molecule has 0 spiro atoms. The molecule has 21 heavy (non-hydrogen) atoms. The third kappa shape index (κ3) is 4.16. The lowest BCUT2D eigenvalue weighted by Gasteiger charge is -2.15. The van der Waals surface area contributed by atoms with E-state index in [1.165, 1.54) is 40.4 Å². The van der Waals surface area contributed by atoms with Gasteiger partial charge in [0.1, 0.15) is 6.04 Å². The molecule has 0 fully saturated rings. The second kappa shape index (κ2) is 7.22. The van der Waals surface area contributed by atoms with Crippen molar-refractivity contribution in [3.8, 4) is 17.2 Å². The van der Waals surface area contributed by atoms with Gasteiger partial charge in [0.05, 0.1) is 27.0 Å². The van der Waals surface area contributed by atoms with Crippen LogP contribution in [0.4, 0.5) is 10.5 Å². The van der Waals surface area contributed by atoms with Crippen molar-refractivity contribution in [1.82, 2.24) is 5.32 Å². The minimum Gasteiger partial charge on any atom is -0.493 e. The normalized spacial score (nSPS) is 11.2. The summed E-state index contributed by atoms with van der Waals surface area (Å²) in [6, 6.07) is 1.41. The summed E-state index contributed by atoms with van der Waals surface area (Å²) in [5.41, 5.74) is 0.375. The number of benzene rings is 1. The number of amides is 2. The van der Waals surface area contributed by atoms with Gasteiger partial charge in [0.2, 0.25) is 5.75 Å². The van der Waals surface area contributed by atoms with Crippen LogP contribution < -0.4 is 24.8 Å². The van der Waals surface area contributed by atoms with Crippen LogP contribution in [0.5, 0.6) is 17.2 Å². The van der Waals surface area contributed by atoms with Gasteiger partial charge in [-0.2, -0.15) is 0 Å². The number of hydrogen-bond acceptors (Lipinski definition) is 5. The van der Waals surface area contributed by atoms with Gasteiger partial charge in [-0.3, -0.25) is 4.79 Å². The van der Waals surface area contributed by atoms with Gasteiger partial charge in [-0.05, 0) is 6.92 Å². The topological polar surface area (TPSA) is 106 Å². The van der Waals surface area contributed by atoms with Crippen LogP contribution >= 0.6 is 0 Å².